The molecule has 22 heavy (non-hydrogen) atoms. The van der Waals surface area contributed by atoms with Crippen LogP contribution < -0.4 is 5.11 Å². The number of aryl methyl sites for hydroxylation is 1. The van der Waals surface area contributed by atoms with Crippen LogP contribution in [0.4, 0.5) is 0 Å². The molecule has 0 aromatic heterocycles. The number of Topliss-reactive ketones (excluding diaryl/α,β-unsaturated/α-hetero) is 1. The summed E-state index contributed by atoms with van der Waals surface area (Å²) < 4.78 is 0. The van der Waals surface area contributed by atoms with E-state index in [1.807, 2.05) is 19.1 Å². The highest BCUT2D eigenvalue weighted by Crippen LogP contribution is 2.23. The quantitative estimate of drug-likeness (QED) is 0.770. The molecular weight excluding hydrogens is 300 g/mol. The van der Waals surface area contributed by atoms with Gasteiger partial charge in [0.25, 0.3) is 0 Å². The highest BCUT2D eigenvalue weighted by molar-refractivity contribution is 6.30. The Balaban J connectivity index is 2.19. The van der Waals surface area contributed by atoms with Crippen molar-refractivity contribution >= 4 is 23.4 Å². The number of carbonyl (C=O) groups is 2. The van der Waals surface area contributed by atoms with Crippen LogP contribution >= 0.6 is 11.6 Å². The van der Waals surface area contributed by atoms with Crippen molar-refractivity contribution < 1.29 is 14.7 Å². The van der Waals surface area contributed by atoms with Gasteiger partial charge in [-0.3, -0.25) is 4.79 Å². The van der Waals surface area contributed by atoms with Crippen LogP contribution in [0.25, 0.3) is 0 Å². The van der Waals surface area contributed by atoms with Gasteiger partial charge in [0.1, 0.15) is 0 Å². The highest BCUT2D eigenvalue weighted by Gasteiger charge is 2.18. The lowest BCUT2D eigenvalue weighted by atomic mass is 9.91. The van der Waals surface area contributed by atoms with Gasteiger partial charge < -0.3 is 9.90 Å². The molecule has 0 aliphatic carbocycles. The van der Waals surface area contributed by atoms with Crippen molar-refractivity contribution in [1.29, 1.82) is 0 Å². The molecule has 114 valence electrons. The lowest BCUT2D eigenvalue weighted by molar-refractivity contribution is -0.307. The molecule has 0 spiro atoms. The number of ketones is 1. The summed E-state index contributed by atoms with van der Waals surface area (Å²) in [5.74, 6) is -2.44. The van der Waals surface area contributed by atoms with Crippen LogP contribution in [0.15, 0.2) is 48.5 Å². The maximum atomic E-state index is 12.2. The maximum Gasteiger partial charge on any atom is 0.163 e. The number of halogens is 1. The summed E-state index contributed by atoms with van der Waals surface area (Å²) in [5.41, 5.74) is 2.14. The topological polar surface area (TPSA) is 57.2 Å². The monoisotopic (exact) mass is 315 g/mol. The van der Waals surface area contributed by atoms with E-state index in [2.05, 4.69) is 0 Å². The summed E-state index contributed by atoms with van der Waals surface area (Å²) in [6, 6.07) is 13.6. The second-order valence-corrected chi connectivity index (χ2v) is 5.54. The molecule has 2 aromatic carbocycles. The molecule has 4 heteroatoms. The van der Waals surface area contributed by atoms with E-state index in [-0.39, 0.29) is 12.2 Å². The lowest BCUT2D eigenvalue weighted by Crippen LogP contribution is -2.31. The molecule has 0 amide bonds. The third-order valence-corrected chi connectivity index (χ3v) is 3.88. The van der Waals surface area contributed by atoms with E-state index in [4.69, 9.17) is 11.6 Å². The van der Waals surface area contributed by atoms with Crippen molar-refractivity contribution in [2.45, 2.75) is 25.7 Å². The summed E-state index contributed by atoms with van der Waals surface area (Å²) in [7, 11) is 0. The molecule has 0 unspecified atom stereocenters. The molecule has 0 bridgehead atoms. The van der Waals surface area contributed by atoms with E-state index in [0.29, 0.717) is 16.1 Å². The number of benzene rings is 2. The van der Waals surface area contributed by atoms with Crippen LogP contribution in [0.1, 0.15) is 40.7 Å². The van der Waals surface area contributed by atoms with Crippen LogP contribution in [-0.4, -0.2) is 11.8 Å². The van der Waals surface area contributed by atoms with Crippen molar-refractivity contribution in [2.75, 3.05) is 0 Å². The van der Waals surface area contributed by atoms with E-state index in [0.717, 1.165) is 12.0 Å². The van der Waals surface area contributed by atoms with E-state index >= 15 is 0 Å². The lowest BCUT2D eigenvalue weighted by Gasteiger charge is -2.18. The van der Waals surface area contributed by atoms with Gasteiger partial charge in [-0.2, -0.15) is 0 Å². The van der Waals surface area contributed by atoms with Crippen molar-refractivity contribution in [3.8, 4) is 0 Å². The second kappa shape index (κ2) is 7.23. The molecule has 0 N–H and O–H groups in total. The van der Waals surface area contributed by atoms with Gasteiger partial charge in [-0.05, 0) is 41.8 Å². The molecule has 0 saturated heterocycles. The summed E-state index contributed by atoms with van der Waals surface area (Å²) in [6.07, 6.45) is 0.745. The minimum Gasteiger partial charge on any atom is -0.549 e. The fourth-order valence-corrected chi connectivity index (χ4v) is 2.39. The van der Waals surface area contributed by atoms with Gasteiger partial charge in [0.15, 0.2) is 5.78 Å². The number of hydrogen-bond donors (Lipinski definition) is 0. The predicted octanol–water partition coefficient (Wildman–Crippen LogP) is 3.01. The van der Waals surface area contributed by atoms with Gasteiger partial charge >= 0.3 is 0 Å². The fraction of sp³-hybridized carbons (Fsp3) is 0.222. The van der Waals surface area contributed by atoms with E-state index in [9.17, 15) is 14.7 Å². The zero-order valence-corrected chi connectivity index (χ0v) is 13.0. The SMILES string of the molecule is CCc1ccc([C@@H](CC(=O)c2ccc(Cl)cc2)C(=O)[O-])cc1. The third kappa shape index (κ3) is 3.95. The van der Waals surface area contributed by atoms with Crippen LogP contribution in [0, 0.1) is 0 Å². The van der Waals surface area contributed by atoms with Crippen LogP contribution in [0.2, 0.25) is 5.02 Å². The van der Waals surface area contributed by atoms with Crippen molar-refractivity contribution in [3.05, 3.63) is 70.2 Å². The zero-order chi connectivity index (χ0) is 16.1. The van der Waals surface area contributed by atoms with Gasteiger partial charge in [-0.25, -0.2) is 0 Å². The molecule has 3 nitrogen and oxygen atoms in total. The maximum absolute atomic E-state index is 12.2. The highest BCUT2D eigenvalue weighted by atomic mass is 35.5. The van der Waals surface area contributed by atoms with Gasteiger partial charge in [0.05, 0.1) is 0 Å². The third-order valence-electron chi connectivity index (χ3n) is 3.63. The first-order chi connectivity index (χ1) is 10.5. The Kier molecular flexibility index (Phi) is 5.34. The molecule has 0 saturated carbocycles. The second-order valence-electron chi connectivity index (χ2n) is 5.10. The molecule has 0 aliphatic heterocycles. The molecule has 2 aromatic rings. The normalized spacial score (nSPS) is 11.9. The Morgan fingerprint density at radius 1 is 1.05 bits per heavy atom. The summed E-state index contributed by atoms with van der Waals surface area (Å²) in [5, 5.41) is 11.9. The number of rotatable bonds is 6. The van der Waals surface area contributed by atoms with Gasteiger partial charge in [-0.1, -0.05) is 42.8 Å². The standard InChI is InChI=1S/C18H17ClO3/c1-2-12-3-5-13(6-4-12)16(18(21)22)11-17(20)14-7-9-15(19)10-8-14/h3-10,16H,2,11H2,1H3,(H,21,22)/p-1/t16-/m1/s1. The molecule has 0 radical (unpaired) electrons. The van der Waals surface area contributed by atoms with E-state index in [1.54, 1.807) is 36.4 Å². The number of aliphatic carboxylic acids is 1. The average molecular weight is 316 g/mol. The van der Waals surface area contributed by atoms with Crippen LogP contribution in [0.5, 0.6) is 0 Å². The number of hydrogen-bond acceptors (Lipinski definition) is 3. The first kappa shape index (κ1) is 16.2. The molecule has 2 rings (SSSR count). The predicted molar refractivity (Wildman–Crippen MR) is 84.0 cm³/mol. The van der Waals surface area contributed by atoms with Gasteiger partial charge in [0.2, 0.25) is 0 Å². The Bertz CT molecular complexity index is 660. The number of carboxylic acids is 1. The minimum absolute atomic E-state index is 0.130. The fourth-order valence-electron chi connectivity index (χ4n) is 2.26. The Morgan fingerprint density at radius 2 is 1.64 bits per heavy atom. The van der Waals surface area contributed by atoms with Crippen molar-refractivity contribution in [1.82, 2.24) is 0 Å². The number of carboxylic acid groups (broad SMARTS) is 1. The largest absolute Gasteiger partial charge is 0.549 e. The first-order valence-electron chi connectivity index (χ1n) is 7.09. The Morgan fingerprint density at radius 3 is 2.14 bits per heavy atom. The van der Waals surface area contributed by atoms with Gasteiger partial charge in [-0.15, -0.1) is 0 Å². The number of carbonyl (C=O) groups excluding carboxylic acids is 2. The van der Waals surface area contributed by atoms with E-state index in [1.165, 1.54) is 0 Å². The minimum atomic E-state index is -1.24. The van der Waals surface area contributed by atoms with Crippen molar-refractivity contribution in [2.24, 2.45) is 0 Å². The summed E-state index contributed by atoms with van der Waals surface area (Å²) in [6.45, 7) is 2.02. The Hall–Kier alpha value is -2.13. The molecular formula is C18H16ClO3-. The summed E-state index contributed by atoms with van der Waals surface area (Å²) in [4.78, 5) is 23.6. The Labute approximate surface area is 134 Å². The smallest absolute Gasteiger partial charge is 0.163 e. The van der Waals surface area contributed by atoms with E-state index < -0.39 is 11.9 Å². The van der Waals surface area contributed by atoms with Gasteiger partial charge in [0, 0.05) is 28.9 Å². The average Bonchev–Trinajstić information content (AvgIpc) is 2.53. The summed E-state index contributed by atoms with van der Waals surface area (Å²) >= 11 is 5.78. The molecule has 1 atom stereocenters. The molecule has 0 heterocycles. The van der Waals surface area contributed by atoms with Crippen molar-refractivity contribution in [3.63, 3.8) is 0 Å². The van der Waals surface area contributed by atoms with Crippen LogP contribution in [0.3, 0.4) is 0 Å². The zero-order valence-electron chi connectivity index (χ0n) is 12.2. The molecule has 0 aliphatic rings. The first-order valence-corrected chi connectivity index (χ1v) is 7.47. The molecule has 0 fully saturated rings. The van der Waals surface area contributed by atoms with Crippen LogP contribution in [-0.2, 0) is 11.2 Å².